The summed E-state index contributed by atoms with van der Waals surface area (Å²) in [4.78, 5) is 42.9. The molecule has 0 radical (unpaired) electrons. The van der Waals surface area contributed by atoms with Crippen LogP contribution in [-0.4, -0.2) is 45.5 Å². The van der Waals surface area contributed by atoms with Crippen molar-refractivity contribution >= 4 is 22.8 Å². The van der Waals surface area contributed by atoms with E-state index in [1.165, 1.54) is 10.9 Å². The first kappa shape index (κ1) is 19.1. The van der Waals surface area contributed by atoms with E-state index in [4.69, 9.17) is 4.74 Å². The van der Waals surface area contributed by atoms with Crippen LogP contribution in [0.1, 0.15) is 33.1 Å². The van der Waals surface area contributed by atoms with Gasteiger partial charge in [-0.05, 0) is 37.8 Å². The topological polar surface area (TPSA) is 81.5 Å². The lowest BCUT2D eigenvalue weighted by Gasteiger charge is -2.31. The minimum atomic E-state index is -0.808. The van der Waals surface area contributed by atoms with Crippen molar-refractivity contribution in [3.63, 3.8) is 0 Å². The SMILES string of the molecule is CC1CCN(C(=O)C(C)OC(=O)CCn2cnc3ccccc3c2=O)CC1. The van der Waals surface area contributed by atoms with Gasteiger partial charge in [-0.2, -0.15) is 0 Å². The summed E-state index contributed by atoms with van der Waals surface area (Å²) in [6.45, 7) is 5.36. The zero-order valence-electron chi connectivity index (χ0n) is 15.8. The van der Waals surface area contributed by atoms with Gasteiger partial charge in [0.1, 0.15) is 0 Å². The number of esters is 1. The highest BCUT2D eigenvalue weighted by atomic mass is 16.5. The monoisotopic (exact) mass is 371 g/mol. The van der Waals surface area contributed by atoms with Gasteiger partial charge in [-0.25, -0.2) is 4.98 Å². The van der Waals surface area contributed by atoms with Crippen LogP contribution in [0.25, 0.3) is 10.9 Å². The van der Waals surface area contributed by atoms with Gasteiger partial charge >= 0.3 is 5.97 Å². The molecule has 1 amide bonds. The van der Waals surface area contributed by atoms with Gasteiger partial charge in [-0.1, -0.05) is 19.1 Å². The van der Waals surface area contributed by atoms with E-state index in [0.717, 1.165) is 12.8 Å². The summed E-state index contributed by atoms with van der Waals surface area (Å²) in [5.41, 5.74) is 0.427. The first-order valence-corrected chi connectivity index (χ1v) is 9.38. The van der Waals surface area contributed by atoms with Gasteiger partial charge in [0.15, 0.2) is 6.10 Å². The number of para-hydroxylation sites is 1. The average molecular weight is 371 g/mol. The molecule has 3 rings (SSSR count). The minimum Gasteiger partial charge on any atom is -0.452 e. The van der Waals surface area contributed by atoms with Crippen LogP contribution < -0.4 is 5.56 Å². The molecule has 0 saturated carbocycles. The molecule has 1 fully saturated rings. The first-order valence-electron chi connectivity index (χ1n) is 9.38. The lowest BCUT2D eigenvalue weighted by Crippen LogP contribution is -2.44. The zero-order valence-corrected chi connectivity index (χ0v) is 15.8. The summed E-state index contributed by atoms with van der Waals surface area (Å²) in [5, 5.41) is 0.510. The number of piperidine rings is 1. The van der Waals surface area contributed by atoms with Gasteiger partial charge in [-0.3, -0.25) is 19.0 Å². The van der Waals surface area contributed by atoms with Crippen molar-refractivity contribution in [3.8, 4) is 0 Å². The van der Waals surface area contributed by atoms with Crippen LogP contribution >= 0.6 is 0 Å². The number of aromatic nitrogens is 2. The molecule has 0 bridgehead atoms. The van der Waals surface area contributed by atoms with E-state index in [9.17, 15) is 14.4 Å². The average Bonchev–Trinajstić information content (AvgIpc) is 2.67. The van der Waals surface area contributed by atoms with Gasteiger partial charge in [-0.15, -0.1) is 0 Å². The first-order chi connectivity index (χ1) is 13.0. The minimum absolute atomic E-state index is 0.00851. The number of carbonyl (C=O) groups is 2. The van der Waals surface area contributed by atoms with E-state index in [1.54, 1.807) is 30.0 Å². The van der Waals surface area contributed by atoms with E-state index in [2.05, 4.69) is 11.9 Å². The van der Waals surface area contributed by atoms with Crippen LogP contribution in [0, 0.1) is 5.92 Å². The summed E-state index contributed by atoms with van der Waals surface area (Å²) in [7, 11) is 0. The fraction of sp³-hybridized carbons (Fsp3) is 0.500. The maximum atomic E-state index is 12.4. The molecule has 7 nitrogen and oxygen atoms in total. The van der Waals surface area contributed by atoms with Crippen LogP contribution in [0.2, 0.25) is 0 Å². The van der Waals surface area contributed by atoms with E-state index in [-0.39, 0.29) is 24.4 Å². The lowest BCUT2D eigenvalue weighted by atomic mass is 9.99. The highest BCUT2D eigenvalue weighted by Crippen LogP contribution is 2.17. The summed E-state index contributed by atoms with van der Waals surface area (Å²) in [6.07, 6.45) is 2.59. The third-order valence-electron chi connectivity index (χ3n) is 5.04. The molecule has 1 aromatic heterocycles. The van der Waals surface area contributed by atoms with Crippen molar-refractivity contribution in [2.24, 2.45) is 5.92 Å². The van der Waals surface area contributed by atoms with Gasteiger partial charge in [0.25, 0.3) is 11.5 Å². The summed E-state index contributed by atoms with van der Waals surface area (Å²) in [5.74, 6) is -0.0261. The summed E-state index contributed by atoms with van der Waals surface area (Å²) in [6, 6.07) is 7.07. The number of benzene rings is 1. The molecule has 1 atom stereocenters. The van der Waals surface area contributed by atoms with Crippen LogP contribution in [-0.2, 0) is 20.9 Å². The lowest BCUT2D eigenvalue weighted by molar-refractivity contribution is -0.159. The largest absolute Gasteiger partial charge is 0.452 e. The number of likely N-dealkylation sites (tertiary alicyclic amines) is 1. The molecule has 0 aliphatic carbocycles. The second-order valence-electron chi connectivity index (χ2n) is 7.15. The Balaban J connectivity index is 1.54. The van der Waals surface area contributed by atoms with Crippen molar-refractivity contribution < 1.29 is 14.3 Å². The Hall–Kier alpha value is -2.70. The molecular formula is C20H25N3O4. The third-order valence-corrected chi connectivity index (χ3v) is 5.04. The number of nitrogens with zero attached hydrogens (tertiary/aromatic N) is 3. The van der Waals surface area contributed by atoms with Crippen molar-refractivity contribution in [1.82, 2.24) is 14.5 Å². The standard InChI is InChI=1S/C20H25N3O4/c1-14-7-10-22(11-8-14)19(25)15(2)27-18(24)9-12-23-13-21-17-6-4-3-5-16(17)20(23)26/h3-6,13-15H,7-12H2,1-2H3. The molecule has 1 aromatic carbocycles. The second kappa shape index (κ2) is 8.33. The number of ether oxygens (including phenoxy) is 1. The Kier molecular flexibility index (Phi) is 5.88. The third kappa shape index (κ3) is 4.53. The fourth-order valence-electron chi connectivity index (χ4n) is 3.27. The number of amides is 1. The smallest absolute Gasteiger partial charge is 0.308 e. The molecule has 0 spiro atoms. The summed E-state index contributed by atoms with van der Waals surface area (Å²) >= 11 is 0. The van der Waals surface area contributed by atoms with Crippen molar-refractivity contribution in [2.75, 3.05) is 13.1 Å². The van der Waals surface area contributed by atoms with Gasteiger partial charge in [0.05, 0.1) is 23.7 Å². The predicted molar refractivity (Wildman–Crippen MR) is 101 cm³/mol. The Morgan fingerprint density at radius 2 is 1.96 bits per heavy atom. The van der Waals surface area contributed by atoms with Crippen LogP contribution in [0.3, 0.4) is 0 Å². The van der Waals surface area contributed by atoms with Crippen LogP contribution in [0.4, 0.5) is 0 Å². The molecule has 1 aliphatic rings. The molecule has 2 aromatic rings. The normalized spacial score (nSPS) is 16.3. The van der Waals surface area contributed by atoms with Gasteiger partial charge in [0.2, 0.25) is 0 Å². The van der Waals surface area contributed by atoms with E-state index in [0.29, 0.717) is 29.9 Å². The highest BCUT2D eigenvalue weighted by molar-refractivity contribution is 5.83. The Bertz CT molecular complexity index is 884. The number of aryl methyl sites for hydroxylation is 1. The molecule has 0 N–H and O–H groups in total. The Labute approximate surface area is 157 Å². The van der Waals surface area contributed by atoms with Gasteiger partial charge < -0.3 is 9.64 Å². The summed E-state index contributed by atoms with van der Waals surface area (Å²) < 4.78 is 6.67. The maximum absolute atomic E-state index is 12.4. The Morgan fingerprint density at radius 3 is 2.70 bits per heavy atom. The predicted octanol–water partition coefficient (Wildman–Crippen LogP) is 1.98. The number of fused-ring (bicyclic) bond motifs is 1. The van der Waals surface area contributed by atoms with Crippen molar-refractivity contribution in [2.45, 2.75) is 45.8 Å². The molecule has 2 heterocycles. The Morgan fingerprint density at radius 1 is 1.26 bits per heavy atom. The quantitative estimate of drug-likeness (QED) is 0.751. The van der Waals surface area contributed by atoms with E-state index >= 15 is 0 Å². The maximum Gasteiger partial charge on any atom is 0.308 e. The highest BCUT2D eigenvalue weighted by Gasteiger charge is 2.26. The fourth-order valence-corrected chi connectivity index (χ4v) is 3.27. The van der Waals surface area contributed by atoms with Crippen LogP contribution in [0.5, 0.6) is 0 Å². The van der Waals surface area contributed by atoms with Crippen LogP contribution in [0.15, 0.2) is 35.4 Å². The van der Waals surface area contributed by atoms with Crippen molar-refractivity contribution in [3.05, 3.63) is 40.9 Å². The molecule has 7 heteroatoms. The number of hydrogen-bond acceptors (Lipinski definition) is 5. The van der Waals surface area contributed by atoms with Gasteiger partial charge in [0, 0.05) is 19.6 Å². The number of rotatable bonds is 5. The molecule has 1 aliphatic heterocycles. The molecule has 144 valence electrons. The van der Waals surface area contributed by atoms with E-state index < -0.39 is 12.1 Å². The molecular weight excluding hydrogens is 346 g/mol. The van der Waals surface area contributed by atoms with Crippen molar-refractivity contribution in [1.29, 1.82) is 0 Å². The second-order valence-corrected chi connectivity index (χ2v) is 7.15. The zero-order chi connectivity index (χ0) is 19.4. The molecule has 27 heavy (non-hydrogen) atoms. The van der Waals surface area contributed by atoms with E-state index in [1.807, 2.05) is 6.07 Å². The number of hydrogen-bond donors (Lipinski definition) is 0. The number of carbonyl (C=O) groups excluding carboxylic acids is 2. The molecule has 1 saturated heterocycles. The molecule has 1 unspecified atom stereocenters.